The topological polar surface area (TPSA) is 49.4 Å². The van der Waals surface area contributed by atoms with E-state index in [2.05, 4.69) is 17.5 Å². The summed E-state index contributed by atoms with van der Waals surface area (Å²) in [5.41, 5.74) is 2.08. The summed E-state index contributed by atoms with van der Waals surface area (Å²) < 4.78 is 0. The van der Waals surface area contributed by atoms with Crippen LogP contribution in [0.3, 0.4) is 0 Å². The van der Waals surface area contributed by atoms with Crippen molar-refractivity contribution in [3.63, 3.8) is 0 Å². The van der Waals surface area contributed by atoms with Gasteiger partial charge in [-0.3, -0.25) is 14.5 Å². The van der Waals surface area contributed by atoms with Crippen molar-refractivity contribution in [1.82, 2.24) is 4.90 Å². The van der Waals surface area contributed by atoms with E-state index in [1.165, 1.54) is 4.90 Å². The van der Waals surface area contributed by atoms with Crippen LogP contribution in [0.4, 0.5) is 5.69 Å². The van der Waals surface area contributed by atoms with Crippen LogP contribution in [0.15, 0.2) is 36.4 Å². The summed E-state index contributed by atoms with van der Waals surface area (Å²) in [6, 6.07) is 7.89. The number of para-hydroxylation sites is 1. The SMILES string of the molecule is Cc1ccccc1NCN1C(=O)[C@@H]2[C@H](C1=O)[C@H]1C=C[C@H]2C1. The molecule has 4 nitrogen and oxygen atoms in total. The maximum absolute atomic E-state index is 12.5. The molecule has 1 aromatic carbocycles. The average molecular weight is 282 g/mol. The average Bonchev–Trinajstić information content (AvgIpc) is 3.14. The first-order valence-corrected chi connectivity index (χ1v) is 7.50. The molecule has 21 heavy (non-hydrogen) atoms. The Labute approximate surface area is 123 Å². The van der Waals surface area contributed by atoms with Crippen molar-refractivity contribution in [2.24, 2.45) is 23.7 Å². The van der Waals surface area contributed by atoms with E-state index >= 15 is 0 Å². The molecule has 0 unspecified atom stereocenters. The number of amides is 2. The number of hydrogen-bond acceptors (Lipinski definition) is 3. The van der Waals surface area contributed by atoms with Crippen LogP contribution in [0.5, 0.6) is 0 Å². The molecular formula is C17H18N2O2. The van der Waals surface area contributed by atoms with Crippen molar-refractivity contribution in [3.05, 3.63) is 42.0 Å². The number of anilines is 1. The number of likely N-dealkylation sites (tertiary alicyclic amines) is 1. The summed E-state index contributed by atoms with van der Waals surface area (Å²) in [5, 5.41) is 3.22. The number of benzene rings is 1. The second-order valence-electron chi connectivity index (χ2n) is 6.25. The van der Waals surface area contributed by atoms with Gasteiger partial charge in [-0.1, -0.05) is 30.4 Å². The van der Waals surface area contributed by atoms with Crippen LogP contribution in [-0.4, -0.2) is 23.4 Å². The Hall–Kier alpha value is -2.10. The number of nitrogens with zero attached hydrogens (tertiary/aromatic N) is 1. The van der Waals surface area contributed by atoms with Gasteiger partial charge >= 0.3 is 0 Å². The molecule has 2 amide bonds. The smallest absolute Gasteiger partial charge is 0.235 e. The van der Waals surface area contributed by atoms with Crippen LogP contribution in [0.25, 0.3) is 0 Å². The minimum absolute atomic E-state index is 0.00272. The molecule has 2 bridgehead atoms. The summed E-state index contributed by atoms with van der Waals surface area (Å²) in [6.45, 7) is 2.28. The fourth-order valence-corrected chi connectivity index (χ4v) is 4.06. The standard InChI is InChI=1S/C17H18N2O2/c1-10-4-2-3-5-13(10)18-9-19-16(20)14-11-6-7-12(8-11)15(14)17(19)21/h2-7,11-12,14-15,18H,8-9H2,1H3/t11-,12-,14-,15+/m0/s1. The first kappa shape index (κ1) is 12.6. The number of aryl methyl sites for hydroxylation is 1. The highest BCUT2D eigenvalue weighted by Crippen LogP contribution is 2.52. The van der Waals surface area contributed by atoms with Crippen molar-refractivity contribution in [1.29, 1.82) is 0 Å². The van der Waals surface area contributed by atoms with E-state index in [0.717, 1.165) is 17.7 Å². The Morgan fingerprint density at radius 3 is 2.33 bits per heavy atom. The fourth-order valence-electron chi connectivity index (χ4n) is 4.06. The molecule has 0 radical (unpaired) electrons. The number of imide groups is 1. The van der Waals surface area contributed by atoms with E-state index in [9.17, 15) is 9.59 Å². The van der Waals surface area contributed by atoms with Crippen molar-refractivity contribution in [2.45, 2.75) is 13.3 Å². The third kappa shape index (κ3) is 1.75. The van der Waals surface area contributed by atoms with Gasteiger partial charge in [-0.25, -0.2) is 0 Å². The molecular weight excluding hydrogens is 264 g/mol. The molecule has 2 fully saturated rings. The Morgan fingerprint density at radius 1 is 1.10 bits per heavy atom. The first-order chi connectivity index (χ1) is 10.2. The number of rotatable bonds is 3. The molecule has 4 heteroatoms. The summed E-state index contributed by atoms with van der Waals surface area (Å²) in [6.07, 6.45) is 5.22. The van der Waals surface area contributed by atoms with Crippen molar-refractivity contribution in [3.8, 4) is 0 Å². The molecule has 0 aromatic heterocycles. The molecule has 2 aliphatic carbocycles. The number of hydrogen-bond donors (Lipinski definition) is 1. The summed E-state index contributed by atoms with van der Waals surface area (Å²) in [7, 11) is 0. The van der Waals surface area contributed by atoms with Gasteiger partial charge in [0.1, 0.15) is 0 Å². The molecule has 4 rings (SSSR count). The first-order valence-electron chi connectivity index (χ1n) is 7.50. The van der Waals surface area contributed by atoms with Gasteiger partial charge in [-0.2, -0.15) is 0 Å². The van der Waals surface area contributed by atoms with Gasteiger partial charge in [0.2, 0.25) is 11.8 Å². The van der Waals surface area contributed by atoms with Gasteiger partial charge in [0.25, 0.3) is 0 Å². The van der Waals surface area contributed by atoms with Gasteiger partial charge in [-0.05, 0) is 36.8 Å². The highest BCUT2D eigenvalue weighted by atomic mass is 16.2. The second kappa shape index (κ2) is 4.45. The number of carbonyl (C=O) groups is 2. The second-order valence-corrected chi connectivity index (χ2v) is 6.25. The minimum atomic E-state index is -0.105. The Bertz CT molecular complexity index is 622. The largest absolute Gasteiger partial charge is 0.367 e. The van der Waals surface area contributed by atoms with E-state index in [-0.39, 0.29) is 42.2 Å². The van der Waals surface area contributed by atoms with Gasteiger partial charge in [0.15, 0.2) is 0 Å². The zero-order valence-electron chi connectivity index (χ0n) is 12.0. The number of allylic oxidation sites excluding steroid dienone is 2. The lowest BCUT2D eigenvalue weighted by molar-refractivity contribution is -0.140. The minimum Gasteiger partial charge on any atom is -0.367 e. The number of carbonyl (C=O) groups excluding carboxylic acids is 2. The Balaban J connectivity index is 1.51. The van der Waals surface area contributed by atoms with Gasteiger partial charge in [0, 0.05) is 5.69 Å². The normalized spacial score (nSPS) is 32.9. The lowest BCUT2D eigenvalue weighted by Crippen LogP contribution is -2.37. The molecule has 1 N–H and O–H groups in total. The zero-order valence-corrected chi connectivity index (χ0v) is 12.0. The van der Waals surface area contributed by atoms with Crippen molar-refractivity contribution >= 4 is 17.5 Å². The molecule has 1 aliphatic heterocycles. The predicted octanol–water partition coefficient (Wildman–Crippen LogP) is 2.17. The van der Waals surface area contributed by atoms with E-state index in [4.69, 9.17) is 0 Å². The molecule has 1 saturated carbocycles. The lowest BCUT2D eigenvalue weighted by atomic mass is 9.85. The van der Waals surface area contributed by atoms with Crippen LogP contribution in [0.1, 0.15) is 12.0 Å². The van der Waals surface area contributed by atoms with E-state index < -0.39 is 0 Å². The molecule has 3 aliphatic rings. The van der Waals surface area contributed by atoms with E-state index in [0.29, 0.717) is 0 Å². The van der Waals surface area contributed by atoms with Gasteiger partial charge in [0.05, 0.1) is 18.5 Å². The molecule has 4 atom stereocenters. The number of nitrogens with one attached hydrogen (secondary N) is 1. The fraction of sp³-hybridized carbons (Fsp3) is 0.412. The summed E-state index contributed by atoms with van der Waals surface area (Å²) >= 11 is 0. The predicted molar refractivity (Wildman–Crippen MR) is 79.2 cm³/mol. The summed E-state index contributed by atoms with van der Waals surface area (Å²) in [4.78, 5) is 26.5. The third-order valence-corrected chi connectivity index (χ3v) is 5.13. The zero-order chi connectivity index (χ0) is 14.6. The maximum Gasteiger partial charge on any atom is 0.235 e. The molecule has 108 valence electrons. The Morgan fingerprint density at radius 2 is 1.71 bits per heavy atom. The van der Waals surface area contributed by atoms with Crippen LogP contribution >= 0.6 is 0 Å². The van der Waals surface area contributed by atoms with Gasteiger partial charge < -0.3 is 5.32 Å². The monoisotopic (exact) mass is 282 g/mol. The highest BCUT2D eigenvalue weighted by Gasteiger charge is 2.59. The molecule has 0 spiro atoms. The maximum atomic E-state index is 12.5. The van der Waals surface area contributed by atoms with E-state index in [1.807, 2.05) is 31.2 Å². The van der Waals surface area contributed by atoms with Crippen LogP contribution in [0, 0.1) is 30.6 Å². The number of fused-ring (bicyclic) bond motifs is 5. The van der Waals surface area contributed by atoms with Crippen LogP contribution in [0.2, 0.25) is 0 Å². The van der Waals surface area contributed by atoms with Crippen molar-refractivity contribution < 1.29 is 9.59 Å². The van der Waals surface area contributed by atoms with Gasteiger partial charge in [-0.15, -0.1) is 0 Å². The van der Waals surface area contributed by atoms with E-state index in [1.54, 1.807) is 0 Å². The summed E-state index contributed by atoms with van der Waals surface area (Å²) in [5.74, 6) is 0.350. The molecule has 1 saturated heterocycles. The third-order valence-electron chi connectivity index (χ3n) is 5.13. The Kier molecular flexibility index (Phi) is 2.67. The quantitative estimate of drug-likeness (QED) is 0.683. The molecule has 1 aromatic rings. The van der Waals surface area contributed by atoms with Crippen molar-refractivity contribution in [2.75, 3.05) is 12.0 Å². The lowest BCUT2D eigenvalue weighted by Gasteiger charge is -2.19. The highest BCUT2D eigenvalue weighted by molar-refractivity contribution is 6.06. The van der Waals surface area contributed by atoms with Crippen LogP contribution in [-0.2, 0) is 9.59 Å². The van der Waals surface area contributed by atoms with Crippen LogP contribution < -0.4 is 5.32 Å². The molecule has 1 heterocycles.